The highest BCUT2D eigenvalue weighted by atomic mass is 16.5. The molecule has 0 aromatic heterocycles. The lowest BCUT2D eigenvalue weighted by atomic mass is 10.1. The highest BCUT2D eigenvalue weighted by Crippen LogP contribution is 2.30. The summed E-state index contributed by atoms with van der Waals surface area (Å²) in [6.07, 6.45) is -0.340. The van der Waals surface area contributed by atoms with Crippen LogP contribution in [-0.2, 0) is 4.79 Å². The molecule has 0 spiro atoms. The standard InChI is InChI=1S/C17H16N2O3/c18-16(20)11-19-10-15(12-6-2-1-3-7-12)22-14-9-5-4-8-13(14)17(19)21/h1-9,15H,10-11H2,(H2,18,20)/t15-/m1/s1. The summed E-state index contributed by atoms with van der Waals surface area (Å²) in [5, 5.41) is 0. The Morgan fingerprint density at radius 3 is 2.55 bits per heavy atom. The molecule has 2 aromatic carbocycles. The molecule has 22 heavy (non-hydrogen) atoms. The maximum atomic E-state index is 12.6. The summed E-state index contributed by atoms with van der Waals surface area (Å²) in [5.74, 6) is -0.263. The van der Waals surface area contributed by atoms with Crippen LogP contribution >= 0.6 is 0 Å². The van der Waals surface area contributed by atoms with Crippen molar-refractivity contribution in [3.8, 4) is 5.75 Å². The van der Waals surface area contributed by atoms with E-state index in [1.54, 1.807) is 18.2 Å². The van der Waals surface area contributed by atoms with Gasteiger partial charge in [-0.2, -0.15) is 0 Å². The second kappa shape index (κ2) is 5.89. The first kappa shape index (κ1) is 14.1. The monoisotopic (exact) mass is 296 g/mol. The lowest BCUT2D eigenvalue weighted by molar-refractivity contribution is -0.118. The van der Waals surface area contributed by atoms with Crippen LogP contribution < -0.4 is 10.5 Å². The first-order valence-electron chi connectivity index (χ1n) is 7.03. The fourth-order valence-electron chi connectivity index (χ4n) is 2.56. The molecule has 1 heterocycles. The predicted octanol–water partition coefficient (Wildman–Crippen LogP) is 1.75. The van der Waals surface area contributed by atoms with Crippen LogP contribution in [0, 0.1) is 0 Å². The molecule has 2 amide bonds. The quantitative estimate of drug-likeness (QED) is 0.937. The van der Waals surface area contributed by atoms with Crippen LogP contribution in [0.15, 0.2) is 54.6 Å². The third kappa shape index (κ3) is 2.79. The van der Waals surface area contributed by atoms with E-state index in [1.165, 1.54) is 4.90 Å². The van der Waals surface area contributed by atoms with Crippen LogP contribution in [-0.4, -0.2) is 29.8 Å². The van der Waals surface area contributed by atoms with E-state index in [9.17, 15) is 9.59 Å². The van der Waals surface area contributed by atoms with Crippen LogP contribution in [0.4, 0.5) is 0 Å². The number of hydrogen-bond donors (Lipinski definition) is 1. The van der Waals surface area contributed by atoms with Crippen LogP contribution in [0.1, 0.15) is 22.0 Å². The van der Waals surface area contributed by atoms with Crippen molar-refractivity contribution in [2.75, 3.05) is 13.1 Å². The van der Waals surface area contributed by atoms with E-state index in [-0.39, 0.29) is 25.1 Å². The zero-order chi connectivity index (χ0) is 15.5. The average Bonchev–Trinajstić information content (AvgIpc) is 2.66. The van der Waals surface area contributed by atoms with Crippen molar-refractivity contribution in [2.45, 2.75) is 6.10 Å². The largest absolute Gasteiger partial charge is 0.483 e. The number of primary amides is 1. The molecule has 5 heteroatoms. The van der Waals surface area contributed by atoms with E-state index < -0.39 is 5.91 Å². The molecular weight excluding hydrogens is 280 g/mol. The van der Waals surface area contributed by atoms with E-state index in [4.69, 9.17) is 10.5 Å². The molecule has 0 fully saturated rings. The summed E-state index contributed by atoms with van der Waals surface area (Å²) >= 11 is 0. The minimum atomic E-state index is -0.542. The Balaban J connectivity index is 2.01. The number of para-hydroxylation sites is 1. The highest BCUT2D eigenvalue weighted by Gasteiger charge is 2.30. The molecule has 0 aliphatic carbocycles. The van der Waals surface area contributed by atoms with Gasteiger partial charge in [-0.05, 0) is 17.7 Å². The lowest BCUT2D eigenvalue weighted by Gasteiger charge is -2.23. The Hall–Kier alpha value is -2.82. The van der Waals surface area contributed by atoms with Crippen LogP contribution in [0.25, 0.3) is 0 Å². The lowest BCUT2D eigenvalue weighted by Crippen LogP contribution is -2.40. The second-order valence-corrected chi connectivity index (χ2v) is 5.17. The van der Waals surface area contributed by atoms with Gasteiger partial charge in [0.05, 0.1) is 18.7 Å². The zero-order valence-electron chi connectivity index (χ0n) is 11.9. The van der Waals surface area contributed by atoms with Crippen molar-refractivity contribution in [2.24, 2.45) is 5.73 Å². The highest BCUT2D eigenvalue weighted by molar-refractivity contribution is 5.99. The van der Waals surface area contributed by atoms with Gasteiger partial charge < -0.3 is 15.4 Å². The Kier molecular flexibility index (Phi) is 3.78. The van der Waals surface area contributed by atoms with Gasteiger partial charge >= 0.3 is 0 Å². The van der Waals surface area contributed by atoms with Gasteiger partial charge in [0.15, 0.2) is 0 Å². The van der Waals surface area contributed by atoms with Crippen molar-refractivity contribution < 1.29 is 14.3 Å². The molecule has 0 bridgehead atoms. The minimum absolute atomic E-state index is 0.125. The summed E-state index contributed by atoms with van der Waals surface area (Å²) in [4.78, 5) is 25.3. The number of rotatable bonds is 3. The van der Waals surface area contributed by atoms with E-state index in [0.717, 1.165) is 5.56 Å². The molecule has 2 N–H and O–H groups in total. The van der Waals surface area contributed by atoms with Crippen LogP contribution in [0.3, 0.4) is 0 Å². The SMILES string of the molecule is NC(=O)CN1C[C@H](c2ccccc2)Oc2ccccc2C1=O. The molecule has 3 rings (SSSR count). The maximum Gasteiger partial charge on any atom is 0.258 e. The number of amides is 2. The number of benzene rings is 2. The molecule has 1 atom stereocenters. The number of nitrogens with zero attached hydrogens (tertiary/aromatic N) is 1. The Morgan fingerprint density at radius 2 is 1.82 bits per heavy atom. The fourth-order valence-corrected chi connectivity index (χ4v) is 2.56. The van der Waals surface area contributed by atoms with Crippen molar-refractivity contribution >= 4 is 11.8 Å². The number of carbonyl (C=O) groups excluding carboxylic acids is 2. The number of carbonyl (C=O) groups is 2. The number of fused-ring (bicyclic) bond motifs is 1. The summed E-state index contributed by atoms with van der Waals surface area (Å²) in [5.41, 5.74) is 6.66. The molecule has 0 saturated heterocycles. The first-order chi connectivity index (χ1) is 10.6. The van der Waals surface area contributed by atoms with E-state index in [0.29, 0.717) is 11.3 Å². The van der Waals surface area contributed by atoms with E-state index >= 15 is 0 Å². The molecule has 0 saturated carbocycles. The molecule has 1 aliphatic heterocycles. The van der Waals surface area contributed by atoms with Crippen molar-refractivity contribution in [3.63, 3.8) is 0 Å². The van der Waals surface area contributed by atoms with Gasteiger partial charge in [0.1, 0.15) is 11.9 Å². The predicted molar refractivity (Wildman–Crippen MR) is 81.4 cm³/mol. The van der Waals surface area contributed by atoms with Gasteiger partial charge in [-0.15, -0.1) is 0 Å². The number of nitrogens with two attached hydrogens (primary N) is 1. The molecule has 0 unspecified atom stereocenters. The van der Waals surface area contributed by atoms with Crippen molar-refractivity contribution in [1.29, 1.82) is 0 Å². The van der Waals surface area contributed by atoms with Gasteiger partial charge in [0, 0.05) is 0 Å². The Labute approximate surface area is 128 Å². The van der Waals surface area contributed by atoms with E-state index in [1.807, 2.05) is 36.4 Å². The summed E-state index contributed by atoms with van der Waals surface area (Å²) < 4.78 is 6.01. The van der Waals surface area contributed by atoms with E-state index in [2.05, 4.69) is 0 Å². The smallest absolute Gasteiger partial charge is 0.258 e. The summed E-state index contributed by atoms with van der Waals surface area (Å²) in [7, 11) is 0. The van der Waals surface area contributed by atoms with Crippen molar-refractivity contribution in [3.05, 3.63) is 65.7 Å². The van der Waals surface area contributed by atoms with Gasteiger partial charge in [0.25, 0.3) is 5.91 Å². The number of ether oxygens (including phenoxy) is 1. The molecule has 2 aromatic rings. The molecule has 0 radical (unpaired) electrons. The average molecular weight is 296 g/mol. The summed E-state index contributed by atoms with van der Waals surface area (Å²) in [6.45, 7) is 0.153. The number of hydrogen-bond acceptors (Lipinski definition) is 3. The Morgan fingerprint density at radius 1 is 1.14 bits per heavy atom. The van der Waals surface area contributed by atoms with Crippen LogP contribution in [0.2, 0.25) is 0 Å². The molecule has 112 valence electrons. The van der Waals surface area contributed by atoms with Gasteiger partial charge in [0.2, 0.25) is 5.91 Å². The topological polar surface area (TPSA) is 72.6 Å². The fraction of sp³-hybridized carbons (Fsp3) is 0.176. The molecule has 5 nitrogen and oxygen atoms in total. The van der Waals surface area contributed by atoms with Gasteiger partial charge in [-0.1, -0.05) is 42.5 Å². The zero-order valence-corrected chi connectivity index (χ0v) is 11.9. The third-order valence-corrected chi connectivity index (χ3v) is 3.58. The minimum Gasteiger partial charge on any atom is -0.483 e. The third-order valence-electron chi connectivity index (χ3n) is 3.58. The van der Waals surface area contributed by atoms with Gasteiger partial charge in [-0.3, -0.25) is 9.59 Å². The second-order valence-electron chi connectivity index (χ2n) is 5.17. The van der Waals surface area contributed by atoms with Crippen LogP contribution in [0.5, 0.6) is 5.75 Å². The normalized spacial score (nSPS) is 17.4. The Bertz CT molecular complexity index is 700. The van der Waals surface area contributed by atoms with Gasteiger partial charge in [-0.25, -0.2) is 0 Å². The molecule has 1 aliphatic rings. The first-order valence-corrected chi connectivity index (χ1v) is 7.03. The summed E-state index contributed by atoms with van der Waals surface area (Å²) in [6, 6.07) is 16.7. The maximum absolute atomic E-state index is 12.6. The molecular formula is C17H16N2O3. The van der Waals surface area contributed by atoms with Crippen molar-refractivity contribution in [1.82, 2.24) is 4.90 Å².